The molecule has 3 rings (SSSR count). The minimum absolute atomic E-state index is 0.0588. The van der Waals surface area contributed by atoms with E-state index in [1.54, 1.807) is 35.3 Å². The lowest BCUT2D eigenvalue weighted by Gasteiger charge is -2.06. The number of hydrogen-bond acceptors (Lipinski definition) is 2. The van der Waals surface area contributed by atoms with E-state index in [0.29, 0.717) is 0 Å². The van der Waals surface area contributed by atoms with Crippen LogP contribution in [0.5, 0.6) is 0 Å². The van der Waals surface area contributed by atoms with Crippen LogP contribution in [-0.4, -0.2) is 14.5 Å². The predicted molar refractivity (Wildman–Crippen MR) is 69.6 cm³/mol. The normalized spacial score (nSPS) is 10.4. The Labute approximate surface area is 104 Å². The third-order valence-electron chi connectivity index (χ3n) is 2.72. The second-order valence-corrected chi connectivity index (χ2v) is 3.90. The molecule has 3 aromatic rings. The van der Waals surface area contributed by atoms with Crippen LogP contribution >= 0.6 is 0 Å². The van der Waals surface area contributed by atoms with Crippen LogP contribution in [0.15, 0.2) is 65.8 Å². The highest BCUT2D eigenvalue weighted by Gasteiger charge is 2.04. The summed E-state index contributed by atoms with van der Waals surface area (Å²) >= 11 is 0. The van der Waals surface area contributed by atoms with E-state index < -0.39 is 0 Å². The summed E-state index contributed by atoms with van der Waals surface area (Å²) in [5, 5.41) is 0. The summed E-state index contributed by atoms with van der Waals surface area (Å²) < 4.78 is 1.61. The average Bonchev–Trinajstić information content (AvgIpc) is 2.94. The van der Waals surface area contributed by atoms with Crippen LogP contribution in [0.3, 0.4) is 0 Å². The molecule has 0 fully saturated rings. The summed E-state index contributed by atoms with van der Waals surface area (Å²) in [7, 11) is 0. The zero-order valence-electron chi connectivity index (χ0n) is 9.58. The standard InChI is InChI=1S/C14H11N3O/c18-13-7-6-11(14-15-8-9-16-14)10-17(13)12-4-2-1-3-5-12/h1-10H,(H,15,16). The van der Waals surface area contributed by atoms with Gasteiger partial charge in [-0.05, 0) is 18.2 Å². The van der Waals surface area contributed by atoms with Gasteiger partial charge in [0.05, 0.1) is 0 Å². The number of hydrogen-bond donors (Lipinski definition) is 1. The third-order valence-corrected chi connectivity index (χ3v) is 2.72. The van der Waals surface area contributed by atoms with Crippen molar-refractivity contribution in [2.75, 3.05) is 0 Å². The fourth-order valence-electron chi connectivity index (χ4n) is 1.84. The van der Waals surface area contributed by atoms with Crippen molar-refractivity contribution in [1.29, 1.82) is 0 Å². The van der Waals surface area contributed by atoms with Gasteiger partial charge in [0.2, 0.25) is 0 Å². The van der Waals surface area contributed by atoms with Gasteiger partial charge in [0.1, 0.15) is 5.82 Å². The first-order valence-electron chi connectivity index (χ1n) is 5.62. The molecular formula is C14H11N3O. The first-order valence-corrected chi connectivity index (χ1v) is 5.62. The second kappa shape index (κ2) is 4.33. The summed E-state index contributed by atoms with van der Waals surface area (Å²) in [4.78, 5) is 19.1. The lowest BCUT2D eigenvalue weighted by Crippen LogP contribution is -2.16. The number of imidazole rings is 1. The van der Waals surface area contributed by atoms with Crippen LogP contribution in [0.25, 0.3) is 17.1 Å². The molecule has 0 bridgehead atoms. The number of rotatable bonds is 2. The largest absolute Gasteiger partial charge is 0.345 e. The van der Waals surface area contributed by atoms with Crippen molar-refractivity contribution >= 4 is 0 Å². The molecule has 0 radical (unpaired) electrons. The first kappa shape index (κ1) is 10.5. The number of H-pyrrole nitrogens is 1. The van der Waals surface area contributed by atoms with E-state index in [-0.39, 0.29) is 5.56 Å². The summed E-state index contributed by atoms with van der Waals surface area (Å²) in [6.45, 7) is 0. The molecule has 1 aromatic carbocycles. The summed E-state index contributed by atoms with van der Waals surface area (Å²) in [6.07, 6.45) is 5.23. The molecule has 0 amide bonds. The fraction of sp³-hybridized carbons (Fsp3) is 0. The molecule has 4 heteroatoms. The van der Waals surface area contributed by atoms with Crippen LogP contribution in [0.1, 0.15) is 0 Å². The highest BCUT2D eigenvalue weighted by molar-refractivity contribution is 5.54. The van der Waals surface area contributed by atoms with Gasteiger partial charge in [0.25, 0.3) is 5.56 Å². The van der Waals surface area contributed by atoms with E-state index in [4.69, 9.17) is 0 Å². The molecule has 0 spiro atoms. The van der Waals surface area contributed by atoms with Crippen LogP contribution < -0.4 is 5.56 Å². The molecule has 0 unspecified atom stereocenters. The van der Waals surface area contributed by atoms with Crippen molar-refractivity contribution in [3.63, 3.8) is 0 Å². The smallest absolute Gasteiger partial charge is 0.255 e. The average molecular weight is 237 g/mol. The van der Waals surface area contributed by atoms with Gasteiger partial charge in [-0.1, -0.05) is 18.2 Å². The van der Waals surface area contributed by atoms with Gasteiger partial charge >= 0.3 is 0 Å². The Hall–Kier alpha value is -2.62. The number of nitrogens with zero attached hydrogens (tertiary/aromatic N) is 2. The van der Waals surface area contributed by atoms with Gasteiger partial charge in [0.15, 0.2) is 0 Å². The number of para-hydroxylation sites is 1. The molecule has 0 saturated carbocycles. The highest BCUT2D eigenvalue weighted by Crippen LogP contribution is 2.13. The van der Waals surface area contributed by atoms with Crippen molar-refractivity contribution in [1.82, 2.24) is 14.5 Å². The summed E-state index contributed by atoms with van der Waals surface area (Å²) in [5.74, 6) is 0.750. The van der Waals surface area contributed by atoms with E-state index >= 15 is 0 Å². The van der Waals surface area contributed by atoms with Crippen LogP contribution in [0.4, 0.5) is 0 Å². The van der Waals surface area contributed by atoms with Crippen molar-refractivity contribution in [3.8, 4) is 17.1 Å². The van der Waals surface area contributed by atoms with Crippen LogP contribution in [-0.2, 0) is 0 Å². The Morgan fingerprint density at radius 1 is 1.06 bits per heavy atom. The first-order chi connectivity index (χ1) is 8.84. The molecule has 1 N–H and O–H groups in total. The van der Waals surface area contributed by atoms with E-state index in [1.807, 2.05) is 30.3 Å². The number of pyridine rings is 1. The zero-order chi connectivity index (χ0) is 12.4. The van der Waals surface area contributed by atoms with E-state index in [1.165, 1.54) is 0 Å². The maximum Gasteiger partial charge on any atom is 0.255 e. The number of aromatic nitrogens is 3. The zero-order valence-corrected chi connectivity index (χ0v) is 9.58. The van der Waals surface area contributed by atoms with Crippen molar-refractivity contribution in [2.45, 2.75) is 0 Å². The summed E-state index contributed by atoms with van der Waals surface area (Å²) in [6, 6.07) is 12.8. The fourth-order valence-corrected chi connectivity index (χ4v) is 1.84. The topological polar surface area (TPSA) is 50.7 Å². The van der Waals surface area contributed by atoms with Gasteiger partial charge in [-0.2, -0.15) is 0 Å². The van der Waals surface area contributed by atoms with Gasteiger partial charge in [-0.3, -0.25) is 9.36 Å². The van der Waals surface area contributed by atoms with Gasteiger partial charge < -0.3 is 4.98 Å². The Morgan fingerprint density at radius 3 is 2.61 bits per heavy atom. The van der Waals surface area contributed by atoms with E-state index in [9.17, 15) is 4.79 Å². The van der Waals surface area contributed by atoms with Gasteiger partial charge in [-0.25, -0.2) is 4.98 Å². The van der Waals surface area contributed by atoms with E-state index in [0.717, 1.165) is 17.1 Å². The molecular weight excluding hydrogens is 226 g/mol. The second-order valence-electron chi connectivity index (χ2n) is 3.90. The Morgan fingerprint density at radius 2 is 1.89 bits per heavy atom. The number of benzene rings is 1. The van der Waals surface area contributed by atoms with Crippen molar-refractivity contribution < 1.29 is 0 Å². The van der Waals surface area contributed by atoms with Crippen molar-refractivity contribution in [2.24, 2.45) is 0 Å². The lowest BCUT2D eigenvalue weighted by molar-refractivity contribution is 0.989. The van der Waals surface area contributed by atoms with Crippen LogP contribution in [0.2, 0.25) is 0 Å². The minimum atomic E-state index is -0.0588. The minimum Gasteiger partial charge on any atom is -0.345 e. The number of nitrogens with one attached hydrogen (secondary N) is 1. The molecule has 0 aliphatic rings. The molecule has 0 atom stereocenters. The summed E-state index contributed by atoms with van der Waals surface area (Å²) in [5.41, 5.74) is 1.66. The maximum absolute atomic E-state index is 11.9. The Balaban J connectivity index is 2.16. The third kappa shape index (κ3) is 1.84. The monoisotopic (exact) mass is 237 g/mol. The molecule has 2 aromatic heterocycles. The highest BCUT2D eigenvalue weighted by atomic mass is 16.1. The Bertz CT molecular complexity index is 699. The maximum atomic E-state index is 11.9. The molecule has 18 heavy (non-hydrogen) atoms. The van der Waals surface area contributed by atoms with Gasteiger partial charge in [-0.15, -0.1) is 0 Å². The Kier molecular flexibility index (Phi) is 2.53. The SMILES string of the molecule is O=c1ccc(-c2ncc[nH]2)cn1-c1ccccc1. The molecule has 88 valence electrons. The molecule has 2 heterocycles. The van der Waals surface area contributed by atoms with Crippen LogP contribution in [0, 0.1) is 0 Å². The number of aromatic amines is 1. The molecule has 0 saturated heterocycles. The van der Waals surface area contributed by atoms with Crippen molar-refractivity contribution in [3.05, 3.63) is 71.4 Å². The molecule has 0 aliphatic heterocycles. The quantitative estimate of drug-likeness (QED) is 0.743. The van der Waals surface area contributed by atoms with Gasteiger partial charge in [0, 0.05) is 35.9 Å². The molecule has 4 nitrogen and oxygen atoms in total. The molecule has 0 aliphatic carbocycles. The lowest BCUT2D eigenvalue weighted by atomic mass is 10.2. The predicted octanol–water partition coefficient (Wildman–Crippen LogP) is 2.23. The van der Waals surface area contributed by atoms with E-state index in [2.05, 4.69) is 9.97 Å².